The third-order valence-electron chi connectivity index (χ3n) is 5.02. The SMILES string of the molecule is Cc1ccc(C)c(OCc2nc3ccccc3n2Cc2ccccc2C)c1. The number of para-hydroxylation sites is 2. The Labute approximate surface area is 160 Å². The van der Waals surface area contributed by atoms with E-state index in [9.17, 15) is 0 Å². The van der Waals surface area contributed by atoms with Crippen molar-refractivity contribution in [2.75, 3.05) is 0 Å². The van der Waals surface area contributed by atoms with E-state index in [1.54, 1.807) is 0 Å². The maximum atomic E-state index is 6.16. The van der Waals surface area contributed by atoms with Gasteiger partial charge >= 0.3 is 0 Å². The molecule has 27 heavy (non-hydrogen) atoms. The lowest BCUT2D eigenvalue weighted by atomic mass is 10.1. The fourth-order valence-electron chi connectivity index (χ4n) is 3.37. The van der Waals surface area contributed by atoms with Crippen LogP contribution in [0.1, 0.15) is 28.1 Å². The first kappa shape index (κ1) is 17.3. The second kappa shape index (κ2) is 7.28. The number of aryl methyl sites for hydroxylation is 3. The zero-order valence-corrected chi connectivity index (χ0v) is 16.1. The number of nitrogens with zero attached hydrogens (tertiary/aromatic N) is 2. The van der Waals surface area contributed by atoms with Crippen LogP contribution in [0.2, 0.25) is 0 Å². The van der Waals surface area contributed by atoms with Gasteiger partial charge in [0.2, 0.25) is 0 Å². The van der Waals surface area contributed by atoms with Crippen molar-refractivity contribution in [3.05, 3.63) is 94.8 Å². The first-order valence-corrected chi connectivity index (χ1v) is 9.30. The van der Waals surface area contributed by atoms with E-state index in [1.165, 1.54) is 16.7 Å². The fraction of sp³-hybridized carbons (Fsp3) is 0.208. The second-order valence-electron chi connectivity index (χ2n) is 7.09. The molecule has 3 aromatic carbocycles. The molecule has 4 rings (SSSR count). The van der Waals surface area contributed by atoms with E-state index in [0.29, 0.717) is 6.61 Å². The Balaban J connectivity index is 1.69. The summed E-state index contributed by atoms with van der Waals surface area (Å²) in [4.78, 5) is 4.84. The van der Waals surface area contributed by atoms with Crippen LogP contribution in [0.25, 0.3) is 11.0 Å². The smallest absolute Gasteiger partial charge is 0.148 e. The molecule has 0 saturated heterocycles. The van der Waals surface area contributed by atoms with E-state index < -0.39 is 0 Å². The lowest BCUT2D eigenvalue weighted by Crippen LogP contribution is -2.09. The van der Waals surface area contributed by atoms with Gasteiger partial charge in [0.15, 0.2) is 0 Å². The molecule has 0 atom stereocenters. The maximum Gasteiger partial charge on any atom is 0.148 e. The molecule has 0 aliphatic rings. The van der Waals surface area contributed by atoms with Crippen LogP contribution < -0.4 is 4.74 Å². The molecule has 0 aliphatic carbocycles. The molecule has 0 bridgehead atoms. The Morgan fingerprint density at radius 1 is 0.852 bits per heavy atom. The number of aromatic nitrogens is 2. The van der Waals surface area contributed by atoms with Crippen LogP contribution >= 0.6 is 0 Å². The van der Waals surface area contributed by atoms with Crippen molar-refractivity contribution in [1.82, 2.24) is 9.55 Å². The van der Waals surface area contributed by atoms with Gasteiger partial charge in [-0.3, -0.25) is 0 Å². The zero-order valence-electron chi connectivity index (χ0n) is 16.1. The summed E-state index contributed by atoms with van der Waals surface area (Å²) in [7, 11) is 0. The van der Waals surface area contributed by atoms with Crippen molar-refractivity contribution in [1.29, 1.82) is 0 Å². The summed E-state index contributed by atoms with van der Waals surface area (Å²) in [6, 6.07) is 23.1. The van der Waals surface area contributed by atoms with E-state index in [-0.39, 0.29) is 0 Å². The molecule has 0 fully saturated rings. The van der Waals surface area contributed by atoms with E-state index in [4.69, 9.17) is 9.72 Å². The molecule has 0 spiro atoms. The molecular formula is C24H24N2O. The molecular weight excluding hydrogens is 332 g/mol. The van der Waals surface area contributed by atoms with Crippen LogP contribution in [0.4, 0.5) is 0 Å². The van der Waals surface area contributed by atoms with Crippen LogP contribution in [-0.2, 0) is 13.2 Å². The third kappa shape index (κ3) is 3.59. The molecule has 4 aromatic rings. The quantitative estimate of drug-likeness (QED) is 0.466. The van der Waals surface area contributed by atoms with Crippen LogP contribution in [0, 0.1) is 20.8 Å². The highest BCUT2D eigenvalue weighted by Crippen LogP contribution is 2.23. The van der Waals surface area contributed by atoms with Crippen molar-refractivity contribution in [2.45, 2.75) is 33.9 Å². The highest BCUT2D eigenvalue weighted by Gasteiger charge is 2.13. The Morgan fingerprint density at radius 2 is 1.63 bits per heavy atom. The zero-order chi connectivity index (χ0) is 18.8. The number of imidazole rings is 1. The van der Waals surface area contributed by atoms with Gasteiger partial charge in [-0.1, -0.05) is 48.5 Å². The highest BCUT2D eigenvalue weighted by molar-refractivity contribution is 5.76. The van der Waals surface area contributed by atoms with Gasteiger partial charge in [0, 0.05) is 6.54 Å². The number of ether oxygens (including phenoxy) is 1. The average molecular weight is 356 g/mol. The predicted molar refractivity (Wildman–Crippen MR) is 110 cm³/mol. The van der Waals surface area contributed by atoms with Gasteiger partial charge < -0.3 is 9.30 Å². The first-order chi connectivity index (χ1) is 13.1. The first-order valence-electron chi connectivity index (χ1n) is 9.30. The number of rotatable bonds is 5. The van der Waals surface area contributed by atoms with Gasteiger partial charge in [0.25, 0.3) is 0 Å². The molecule has 0 radical (unpaired) electrons. The van der Waals surface area contributed by atoms with Gasteiger partial charge in [-0.05, 0) is 61.2 Å². The summed E-state index contributed by atoms with van der Waals surface area (Å²) in [6.45, 7) is 7.55. The maximum absolute atomic E-state index is 6.16. The molecule has 0 amide bonds. The highest BCUT2D eigenvalue weighted by atomic mass is 16.5. The van der Waals surface area contributed by atoms with Crippen molar-refractivity contribution >= 4 is 11.0 Å². The fourth-order valence-corrected chi connectivity index (χ4v) is 3.37. The molecule has 0 N–H and O–H groups in total. The monoisotopic (exact) mass is 356 g/mol. The third-order valence-corrected chi connectivity index (χ3v) is 5.02. The summed E-state index contributed by atoms with van der Waals surface area (Å²) in [5.41, 5.74) is 7.07. The number of hydrogen-bond donors (Lipinski definition) is 0. The van der Waals surface area contributed by atoms with Crippen molar-refractivity contribution in [3.63, 3.8) is 0 Å². The Kier molecular flexibility index (Phi) is 4.68. The summed E-state index contributed by atoms with van der Waals surface area (Å²) >= 11 is 0. The molecule has 0 unspecified atom stereocenters. The van der Waals surface area contributed by atoms with Crippen molar-refractivity contribution in [2.24, 2.45) is 0 Å². The largest absolute Gasteiger partial charge is 0.485 e. The normalized spacial score (nSPS) is 11.1. The predicted octanol–water partition coefficient (Wildman–Crippen LogP) is 5.59. The molecule has 3 heteroatoms. The van der Waals surface area contributed by atoms with E-state index in [2.05, 4.69) is 86.0 Å². The Hall–Kier alpha value is -3.07. The molecule has 3 nitrogen and oxygen atoms in total. The molecule has 0 saturated carbocycles. The average Bonchev–Trinajstić information content (AvgIpc) is 3.02. The van der Waals surface area contributed by atoms with Gasteiger partial charge in [-0.2, -0.15) is 0 Å². The minimum absolute atomic E-state index is 0.449. The van der Waals surface area contributed by atoms with Gasteiger partial charge in [-0.15, -0.1) is 0 Å². The Morgan fingerprint density at radius 3 is 2.48 bits per heavy atom. The van der Waals surface area contributed by atoms with Crippen LogP contribution in [0.15, 0.2) is 66.7 Å². The van der Waals surface area contributed by atoms with Crippen molar-refractivity contribution < 1.29 is 4.74 Å². The standard InChI is InChI=1S/C24H24N2O/c1-17-12-13-19(3)23(14-17)27-16-24-25-21-10-6-7-11-22(21)26(24)15-20-9-5-4-8-18(20)2/h4-14H,15-16H2,1-3H3. The van der Waals surface area contributed by atoms with E-state index in [1.807, 2.05) is 6.07 Å². The minimum Gasteiger partial charge on any atom is -0.485 e. The minimum atomic E-state index is 0.449. The Bertz CT molecular complexity index is 1090. The lowest BCUT2D eigenvalue weighted by molar-refractivity contribution is 0.289. The summed E-state index contributed by atoms with van der Waals surface area (Å²) in [5, 5.41) is 0. The van der Waals surface area contributed by atoms with E-state index in [0.717, 1.165) is 34.7 Å². The number of hydrogen-bond acceptors (Lipinski definition) is 2. The topological polar surface area (TPSA) is 27.1 Å². The number of benzene rings is 3. The second-order valence-corrected chi connectivity index (χ2v) is 7.09. The summed E-state index contributed by atoms with van der Waals surface area (Å²) in [5.74, 6) is 1.87. The van der Waals surface area contributed by atoms with Gasteiger partial charge in [0.1, 0.15) is 18.2 Å². The summed E-state index contributed by atoms with van der Waals surface area (Å²) in [6.07, 6.45) is 0. The molecule has 0 aliphatic heterocycles. The molecule has 1 heterocycles. The molecule has 1 aromatic heterocycles. The van der Waals surface area contributed by atoms with Gasteiger partial charge in [0.05, 0.1) is 11.0 Å². The van der Waals surface area contributed by atoms with Crippen LogP contribution in [0.5, 0.6) is 5.75 Å². The summed E-state index contributed by atoms with van der Waals surface area (Å²) < 4.78 is 8.43. The lowest BCUT2D eigenvalue weighted by Gasteiger charge is -2.13. The van der Waals surface area contributed by atoms with E-state index >= 15 is 0 Å². The van der Waals surface area contributed by atoms with Crippen LogP contribution in [-0.4, -0.2) is 9.55 Å². The number of fused-ring (bicyclic) bond motifs is 1. The van der Waals surface area contributed by atoms with Crippen molar-refractivity contribution in [3.8, 4) is 5.75 Å². The van der Waals surface area contributed by atoms with Crippen LogP contribution in [0.3, 0.4) is 0 Å². The molecule has 136 valence electrons. The van der Waals surface area contributed by atoms with Gasteiger partial charge in [-0.25, -0.2) is 4.98 Å².